The standard InChI is InChI=1S/C10H10FIN2O/c11-10-9(4-7(12)5-14-10)15-6-8-2-1-3-13-8/h1-2,4-5,8,13H,3,6H2/i12-4. The molecule has 0 fully saturated rings. The minimum atomic E-state index is -0.558. The van der Waals surface area contributed by atoms with Gasteiger partial charge >= 0.3 is 0 Å². The maximum Gasteiger partial charge on any atom is 0.255 e. The van der Waals surface area contributed by atoms with Crippen LogP contribution in [0, 0.1) is 9.52 Å². The minimum Gasteiger partial charge on any atom is -0.487 e. The van der Waals surface area contributed by atoms with Crippen LogP contribution in [0.1, 0.15) is 0 Å². The summed E-state index contributed by atoms with van der Waals surface area (Å²) in [6.45, 7) is 1.27. The summed E-state index contributed by atoms with van der Waals surface area (Å²) < 4.78 is 19.4. The van der Waals surface area contributed by atoms with Gasteiger partial charge in [-0.1, -0.05) is 12.2 Å². The van der Waals surface area contributed by atoms with E-state index in [-0.39, 0.29) is 11.8 Å². The molecule has 0 radical (unpaired) electrons. The van der Waals surface area contributed by atoms with Gasteiger partial charge in [-0.25, -0.2) is 4.98 Å². The molecule has 0 aliphatic carbocycles. The highest BCUT2D eigenvalue weighted by Gasteiger charge is 2.11. The van der Waals surface area contributed by atoms with Crippen molar-refractivity contribution < 1.29 is 9.13 Å². The van der Waals surface area contributed by atoms with Gasteiger partial charge in [0.25, 0.3) is 5.95 Å². The largest absolute Gasteiger partial charge is 0.487 e. The van der Waals surface area contributed by atoms with Crippen LogP contribution in [0.2, 0.25) is 0 Å². The Bertz CT molecular complexity index is 384. The van der Waals surface area contributed by atoms with Gasteiger partial charge in [-0.05, 0) is 28.7 Å². The van der Waals surface area contributed by atoms with Crippen molar-refractivity contribution in [1.29, 1.82) is 0 Å². The highest BCUT2D eigenvalue weighted by atomic mass is 123. The molecule has 80 valence electrons. The summed E-state index contributed by atoms with van der Waals surface area (Å²) in [5.74, 6) is -0.346. The maximum absolute atomic E-state index is 13.2. The number of hydrogen-bond acceptors (Lipinski definition) is 3. The minimum absolute atomic E-state index is 0.169. The van der Waals surface area contributed by atoms with Crippen molar-refractivity contribution in [2.24, 2.45) is 0 Å². The van der Waals surface area contributed by atoms with Crippen LogP contribution in [0.5, 0.6) is 5.75 Å². The third-order valence-corrected chi connectivity index (χ3v) is 2.65. The van der Waals surface area contributed by atoms with Crippen LogP contribution in [0.3, 0.4) is 0 Å². The monoisotopic (exact) mass is 316 g/mol. The fourth-order valence-electron chi connectivity index (χ4n) is 1.32. The maximum atomic E-state index is 13.2. The van der Waals surface area contributed by atoms with E-state index in [1.807, 2.05) is 12.2 Å². The Morgan fingerprint density at radius 1 is 1.67 bits per heavy atom. The Morgan fingerprint density at radius 2 is 2.53 bits per heavy atom. The number of aromatic nitrogens is 1. The summed E-state index contributed by atoms with van der Waals surface area (Å²) >= 11 is 2.07. The zero-order chi connectivity index (χ0) is 10.7. The Balaban J connectivity index is 1.97. The first-order valence-corrected chi connectivity index (χ1v) is 5.67. The van der Waals surface area contributed by atoms with Crippen LogP contribution in [0.15, 0.2) is 24.4 Å². The summed E-state index contributed by atoms with van der Waals surface area (Å²) in [4.78, 5) is 3.59. The van der Waals surface area contributed by atoms with Gasteiger partial charge in [0.15, 0.2) is 5.75 Å². The van der Waals surface area contributed by atoms with Crippen molar-refractivity contribution in [2.45, 2.75) is 6.04 Å². The zero-order valence-corrected chi connectivity index (χ0v) is 10.1. The first-order chi connectivity index (χ1) is 7.25. The van der Waals surface area contributed by atoms with Crippen LogP contribution in [-0.4, -0.2) is 24.2 Å². The molecule has 0 spiro atoms. The van der Waals surface area contributed by atoms with Crippen LogP contribution >= 0.6 is 22.6 Å². The zero-order valence-electron chi connectivity index (χ0n) is 7.91. The molecule has 1 atom stereocenters. The Kier molecular flexibility index (Phi) is 3.53. The second-order valence-corrected chi connectivity index (χ2v) is 4.44. The van der Waals surface area contributed by atoms with E-state index in [9.17, 15) is 4.39 Å². The topological polar surface area (TPSA) is 34.1 Å². The molecule has 2 rings (SSSR count). The lowest BCUT2D eigenvalue weighted by Gasteiger charge is -2.11. The Morgan fingerprint density at radius 3 is 3.27 bits per heavy atom. The van der Waals surface area contributed by atoms with E-state index in [4.69, 9.17) is 4.74 Å². The van der Waals surface area contributed by atoms with Gasteiger partial charge in [0.05, 0.1) is 6.04 Å². The molecule has 1 aromatic rings. The molecule has 0 saturated carbocycles. The highest BCUT2D eigenvalue weighted by Crippen LogP contribution is 2.17. The summed E-state index contributed by atoms with van der Waals surface area (Å²) in [6, 6.07) is 1.81. The molecule has 1 unspecified atom stereocenters. The van der Waals surface area contributed by atoms with E-state index in [1.54, 1.807) is 6.07 Å². The van der Waals surface area contributed by atoms with E-state index < -0.39 is 5.95 Å². The van der Waals surface area contributed by atoms with Gasteiger partial charge in [0, 0.05) is 16.3 Å². The average molecular weight is 316 g/mol. The molecule has 1 N–H and O–H groups in total. The summed E-state index contributed by atoms with van der Waals surface area (Å²) in [7, 11) is 0. The lowest BCUT2D eigenvalue weighted by molar-refractivity contribution is 0.276. The van der Waals surface area contributed by atoms with Gasteiger partial charge in [-0.2, -0.15) is 4.39 Å². The normalized spacial score (nSPS) is 19.5. The number of nitrogens with one attached hydrogen (secondary N) is 1. The molecule has 0 aromatic carbocycles. The first-order valence-electron chi connectivity index (χ1n) is 4.59. The van der Waals surface area contributed by atoms with Crippen molar-refractivity contribution in [2.75, 3.05) is 13.2 Å². The smallest absolute Gasteiger partial charge is 0.255 e. The predicted octanol–water partition coefficient (Wildman–Crippen LogP) is 1.73. The number of nitrogens with zero attached hydrogens (tertiary/aromatic N) is 1. The van der Waals surface area contributed by atoms with Gasteiger partial charge < -0.3 is 10.1 Å². The molecule has 1 aliphatic heterocycles. The quantitative estimate of drug-likeness (QED) is 0.524. The third kappa shape index (κ3) is 2.88. The molecule has 0 amide bonds. The summed E-state index contributed by atoms with van der Waals surface area (Å²) in [5, 5.41) is 3.18. The molecule has 5 heteroatoms. The van der Waals surface area contributed by atoms with Crippen LogP contribution in [0.4, 0.5) is 4.39 Å². The second-order valence-electron chi connectivity index (χ2n) is 3.20. The van der Waals surface area contributed by atoms with E-state index in [0.29, 0.717) is 6.61 Å². The van der Waals surface area contributed by atoms with Crippen LogP contribution in [0.25, 0.3) is 0 Å². The number of hydrogen-bond donors (Lipinski definition) is 1. The van der Waals surface area contributed by atoms with E-state index in [1.165, 1.54) is 6.20 Å². The first kappa shape index (κ1) is 10.8. The van der Waals surface area contributed by atoms with Gasteiger partial charge in [-0.3, -0.25) is 0 Å². The molecular formula is C10H10FIN2O. The van der Waals surface area contributed by atoms with E-state index >= 15 is 0 Å². The van der Waals surface area contributed by atoms with E-state index in [0.717, 1.165) is 10.1 Å². The molecule has 1 aromatic heterocycles. The van der Waals surface area contributed by atoms with Crippen LogP contribution in [-0.2, 0) is 0 Å². The molecule has 15 heavy (non-hydrogen) atoms. The Hall–Kier alpha value is -0.690. The fraction of sp³-hybridized carbons (Fsp3) is 0.300. The molecule has 0 bridgehead atoms. The van der Waals surface area contributed by atoms with Crippen molar-refractivity contribution in [3.63, 3.8) is 0 Å². The number of pyridine rings is 1. The molecule has 3 nitrogen and oxygen atoms in total. The lowest BCUT2D eigenvalue weighted by Crippen LogP contribution is -2.28. The van der Waals surface area contributed by atoms with Crippen molar-refractivity contribution >= 4 is 22.6 Å². The highest BCUT2D eigenvalue weighted by molar-refractivity contribution is 14.1. The predicted molar refractivity (Wildman–Crippen MR) is 63.3 cm³/mol. The Labute approximate surface area is 101 Å². The summed E-state index contributed by atoms with van der Waals surface area (Å²) in [5.41, 5.74) is 0. The van der Waals surface area contributed by atoms with Crippen molar-refractivity contribution in [1.82, 2.24) is 10.3 Å². The molecule has 0 saturated heterocycles. The van der Waals surface area contributed by atoms with Gasteiger partial charge in [0.1, 0.15) is 6.61 Å². The average Bonchev–Trinajstić information content (AvgIpc) is 2.72. The molecule has 2 heterocycles. The number of halogens is 2. The molecule has 1 aliphatic rings. The number of ether oxygens (including phenoxy) is 1. The van der Waals surface area contributed by atoms with Gasteiger partial charge in [-0.15, -0.1) is 0 Å². The molecular weight excluding hydrogens is 306 g/mol. The second kappa shape index (κ2) is 4.89. The summed E-state index contributed by atoms with van der Waals surface area (Å²) in [6.07, 6.45) is 5.51. The van der Waals surface area contributed by atoms with E-state index in [2.05, 4.69) is 32.9 Å². The van der Waals surface area contributed by atoms with Crippen molar-refractivity contribution in [3.05, 3.63) is 33.9 Å². The third-order valence-electron chi connectivity index (χ3n) is 2.06. The van der Waals surface area contributed by atoms with Gasteiger partial charge in [0.2, 0.25) is 0 Å². The lowest BCUT2D eigenvalue weighted by atomic mass is 10.3. The fourth-order valence-corrected chi connectivity index (χ4v) is 1.74. The van der Waals surface area contributed by atoms with Crippen LogP contribution < -0.4 is 10.1 Å². The SMILES string of the molecule is Fc1ncc([123I])cc1OCC1C=CCN1. The van der Waals surface area contributed by atoms with Crippen molar-refractivity contribution in [3.8, 4) is 5.75 Å². The number of rotatable bonds is 3.